The third kappa shape index (κ3) is 8.53. The number of alkyl halides is 3. The normalized spacial score (nSPS) is 11.3. The number of benzene rings is 3. The number of rotatable bonds is 12. The van der Waals surface area contributed by atoms with Crippen LogP contribution in [0.2, 0.25) is 0 Å². The van der Waals surface area contributed by atoms with Crippen LogP contribution in [-0.4, -0.2) is 27.9 Å². The van der Waals surface area contributed by atoms with Crippen LogP contribution in [0.25, 0.3) is 11.3 Å². The third-order valence-electron chi connectivity index (χ3n) is 6.57. The van der Waals surface area contributed by atoms with Crippen LogP contribution >= 0.6 is 11.9 Å². The van der Waals surface area contributed by atoms with E-state index in [9.17, 15) is 23.2 Å². The molecule has 3 aromatic carbocycles. The molecule has 0 radical (unpaired) electrons. The molecule has 13 heteroatoms. The van der Waals surface area contributed by atoms with Crippen molar-refractivity contribution in [3.05, 3.63) is 94.5 Å². The highest BCUT2D eigenvalue weighted by molar-refractivity contribution is 7.97. The van der Waals surface area contributed by atoms with Crippen LogP contribution in [0.4, 0.5) is 24.7 Å². The highest BCUT2D eigenvalue weighted by Gasteiger charge is 2.31. The van der Waals surface area contributed by atoms with E-state index in [-0.39, 0.29) is 16.9 Å². The van der Waals surface area contributed by atoms with Gasteiger partial charge in [0.2, 0.25) is 0 Å². The Balaban J connectivity index is 1.32. The lowest BCUT2D eigenvalue weighted by molar-refractivity contribution is -0.274. The summed E-state index contributed by atoms with van der Waals surface area (Å²) in [4.78, 5) is 15.9. The van der Waals surface area contributed by atoms with Crippen molar-refractivity contribution in [3.63, 3.8) is 0 Å². The number of halogens is 3. The van der Waals surface area contributed by atoms with Gasteiger partial charge in [-0.05, 0) is 71.8 Å². The molecule has 0 saturated heterocycles. The smallest absolute Gasteiger partial charge is 0.406 e. The lowest BCUT2D eigenvalue weighted by Crippen LogP contribution is -2.26. The molecule has 0 saturated carbocycles. The molecule has 1 amide bonds. The van der Waals surface area contributed by atoms with Gasteiger partial charge in [0.25, 0.3) is 5.91 Å². The standard InChI is InChI=1S/C31H32F3N7O2S/c1-19(2)25-14-5-20(3)15-27(25)36-18-44-40-37-17-21-6-8-22(9-7-21)28-26(16-35)29(41(4)39-28)38-30(42)23-10-12-24(13-11-23)43-31(32,33)34/h5-15,19,36-37,40H,17-18H2,1-4H3,(H,38,42). The molecule has 0 atom stereocenters. The summed E-state index contributed by atoms with van der Waals surface area (Å²) in [6.45, 7) is 6.97. The number of nitriles is 1. The van der Waals surface area contributed by atoms with Gasteiger partial charge < -0.3 is 15.4 Å². The van der Waals surface area contributed by atoms with Crippen molar-refractivity contribution in [3.8, 4) is 23.1 Å². The fourth-order valence-electron chi connectivity index (χ4n) is 4.41. The Bertz CT molecular complexity index is 1630. The summed E-state index contributed by atoms with van der Waals surface area (Å²) in [5.74, 6) is 0.195. The number of nitrogens with zero attached hydrogens (tertiary/aromatic N) is 3. The van der Waals surface area contributed by atoms with Crippen molar-refractivity contribution in [2.45, 2.75) is 39.6 Å². The minimum absolute atomic E-state index is 0.0843. The highest BCUT2D eigenvalue weighted by Crippen LogP contribution is 2.29. The number of hydrazine groups is 1. The van der Waals surface area contributed by atoms with E-state index in [0.717, 1.165) is 23.4 Å². The molecule has 4 rings (SSSR count). The van der Waals surface area contributed by atoms with Crippen molar-refractivity contribution in [1.82, 2.24) is 20.0 Å². The van der Waals surface area contributed by atoms with Crippen LogP contribution in [0.15, 0.2) is 66.7 Å². The second kappa shape index (κ2) is 14.3. The van der Waals surface area contributed by atoms with Crippen molar-refractivity contribution in [2.24, 2.45) is 7.05 Å². The zero-order chi connectivity index (χ0) is 31.9. The van der Waals surface area contributed by atoms with Gasteiger partial charge in [-0.2, -0.15) is 15.2 Å². The SMILES string of the molecule is Cc1ccc(C(C)C)c(NCSNNCc2ccc(-c3nn(C)c(NC(=O)c4ccc(OC(F)(F)F)cc4)c3C#N)cc2)c1. The van der Waals surface area contributed by atoms with Crippen molar-refractivity contribution in [1.29, 1.82) is 5.26 Å². The van der Waals surface area contributed by atoms with Gasteiger partial charge in [0.1, 0.15) is 28.9 Å². The molecule has 0 fully saturated rings. The molecule has 44 heavy (non-hydrogen) atoms. The van der Waals surface area contributed by atoms with E-state index in [4.69, 9.17) is 0 Å². The summed E-state index contributed by atoms with van der Waals surface area (Å²) < 4.78 is 42.4. The number of hydrogen-bond acceptors (Lipinski definition) is 8. The number of hydrogen-bond donors (Lipinski definition) is 4. The first kappa shape index (κ1) is 32.4. The number of aromatic nitrogens is 2. The quantitative estimate of drug-likeness (QED) is 0.0586. The molecule has 9 nitrogen and oxygen atoms in total. The van der Waals surface area contributed by atoms with Gasteiger partial charge in [0.15, 0.2) is 0 Å². The minimum Gasteiger partial charge on any atom is -0.406 e. The lowest BCUT2D eigenvalue weighted by Gasteiger charge is -2.15. The number of ether oxygens (including phenoxy) is 1. The maximum Gasteiger partial charge on any atom is 0.573 e. The average molecular weight is 624 g/mol. The molecule has 1 heterocycles. The number of amides is 1. The fourth-order valence-corrected chi connectivity index (χ4v) is 4.88. The van der Waals surface area contributed by atoms with E-state index in [1.807, 2.05) is 24.3 Å². The third-order valence-corrected chi connectivity index (χ3v) is 7.15. The Morgan fingerprint density at radius 1 is 1.09 bits per heavy atom. The predicted octanol–water partition coefficient (Wildman–Crippen LogP) is 6.85. The largest absolute Gasteiger partial charge is 0.573 e. The minimum atomic E-state index is -4.83. The van der Waals surface area contributed by atoms with E-state index in [2.05, 4.69) is 75.8 Å². The highest BCUT2D eigenvalue weighted by atomic mass is 32.2. The number of anilines is 2. The molecular formula is C31H32F3N7O2S. The van der Waals surface area contributed by atoms with Gasteiger partial charge in [-0.25, -0.2) is 5.43 Å². The summed E-state index contributed by atoms with van der Waals surface area (Å²) in [5.41, 5.74) is 9.09. The first-order valence-electron chi connectivity index (χ1n) is 13.6. The van der Waals surface area contributed by atoms with Gasteiger partial charge in [-0.3, -0.25) is 9.48 Å². The topological polar surface area (TPSA) is 116 Å². The fraction of sp³-hybridized carbons (Fsp3) is 0.258. The Hall–Kier alpha value is -4.51. The number of carbonyl (C=O) groups is 1. The summed E-state index contributed by atoms with van der Waals surface area (Å²) in [6.07, 6.45) is -4.83. The predicted molar refractivity (Wildman–Crippen MR) is 166 cm³/mol. The molecule has 0 unspecified atom stereocenters. The lowest BCUT2D eigenvalue weighted by atomic mass is 9.99. The molecule has 0 aliphatic rings. The second-order valence-corrected chi connectivity index (χ2v) is 11.0. The molecule has 230 valence electrons. The summed E-state index contributed by atoms with van der Waals surface area (Å²) >= 11 is 1.50. The molecule has 0 bridgehead atoms. The van der Waals surface area contributed by atoms with E-state index in [1.165, 1.54) is 39.9 Å². The Kier molecular flexibility index (Phi) is 10.5. The summed E-state index contributed by atoms with van der Waals surface area (Å²) in [6, 6.07) is 20.5. The zero-order valence-corrected chi connectivity index (χ0v) is 25.4. The first-order chi connectivity index (χ1) is 20.9. The first-order valence-corrected chi connectivity index (χ1v) is 14.6. The number of carbonyl (C=O) groups excluding carboxylic acids is 1. The second-order valence-electron chi connectivity index (χ2n) is 10.2. The Morgan fingerprint density at radius 3 is 2.43 bits per heavy atom. The molecule has 0 aliphatic carbocycles. The van der Waals surface area contributed by atoms with Crippen molar-refractivity contribution in [2.75, 3.05) is 16.5 Å². The van der Waals surface area contributed by atoms with Gasteiger partial charge in [-0.1, -0.05) is 50.2 Å². The monoisotopic (exact) mass is 623 g/mol. The van der Waals surface area contributed by atoms with Crippen molar-refractivity contribution >= 4 is 29.4 Å². The molecule has 1 aromatic heterocycles. The van der Waals surface area contributed by atoms with Gasteiger partial charge in [0, 0.05) is 30.4 Å². The Labute approximate surface area is 257 Å². The molecule has 4 N–H and O–H groups in total. The van der Waals surface area contributed by atoms with Gasteiger partial charge >= 0.3 is 6.36 Å². The van der Waals surface area contributed by atoms with Crippen LogP contribution in [0.1, 0.15) is 52.4 Å². The maximum absolute atomic E-state index is 12.8. The zero-order valence-electron chi connectivity index (χ0n) is 24.5. The number of nitrogens with one attached hydrogen (secondary N) is 4. The van der Waals surface area contributed by atoms with Crippen LogP contribution in [0.3, 0.4) is 0 Å². The summed E-state index contributed by atoms with van der Waals surface area (Å²) in [7, 11) is 1.58. The van der Waals surface area contributed by atoms with Crippen molar-refractivity contribution < 1.29 is 22.7 Å². The van der Waals surface area contributed by atoms with Gasteiger partial charge in [-0.15, -0.1) is 13.2 Å². The van der Waals surface area contributed by atoms with Crippen LogP contribution in [0.5, 0.6) is 5.75 Å². The van der Waals surface area contributed by atoms with Crippen LogP contribution in [-0.2, 0) is 13.6 Å². The number of aryl methyl sites for hydroxylation is 2. The maximum atomic E-state index is 12.8. The molecule has 4 aromatic rings. The molecular weight excluding hydrogens is 591 g/mol. The van der Waals surface area contributed by atoms with Gasteiger partial charge in [0.05, 0.1) is 5.88 Å². The molecule has 0 aliphatic heterocycles. The van der Waals surface area contributed by atoms with E-state index >= 15 is 0 Å². The van der Waals surface area contributed by atoms with E-state index in [1.54, 1.807) is 7.05 Å². The molecule has 0 spiro atoms. The van der Waals surface area contributed by atoms with Crippen LogP contribution in [0, 0.1) is 18.3 Å². The van der Waals surface area contributed by atoms with Crippen LogP contribution < -0.4 is 25.6 Å². The Morgan fingerprint density at radius 2 is 1.80 bits per heavy atom. The van der Waals surface area contributed by atoms with E-state index in [0.29, 0.717) is 29.6 Å². The van der Waals surface area contributed by atoms with E-state index < -0.39 is 18.0 Å². The summed E-state index contributed by atoms with van der Waals surface area (Å²) in [5, 5.41) is 20.4. The average Bonchev–Trinajstić information content (AvgIpc) is 3.29.